The van der Waals surface area contributed by atoms with Gasteiger partial charge in [-0.05, 0) is 44.7 Å². The molecule has 3 aromatic rings. The van der Waals surface area contributed by atoms with Gasteiger partial charge in [-0.15, -0.1) is 5.10 Å². The predicted octanol–water partition coefficient (Wildman–Crippen LogP) is 2.64. The first-order chi connectivity index (χ1) is 17.4. The Kier molecular flexibility index (Phi) is 8.26. The summed E-state index contributed by atoms with van der Waals surface area (Å²) in [6, 6.07) is 5.38. The van der Waals surface area contributed by atoms with Crippen molar-refractivity contribution >= 4 is 11.9 Å². The lowest BCUT2D eigenvalue weighted by atomic mass is 9.87. The number of hydrogen-bond donors (Lipinski definition) is 2. The highest BCUT2D eigenvalue weighted by Gasteiger charge is 2.28. The van der Waals surface area contributed by atoms with Crippen LogP contribution in [0.2, 0.25) is 0 Å². The minimum Gasteiger partial charge on any atom is -0.489 e. The molecule has 0 amide bonds. The highest BCUT2D eigenvalue weighted by Crippen LogP contribution is 2.30. The Balaban J connectivity index is 1.43. The quantitative estimate of drug-likeness (QED) is 0.377. The van der Waals surface area contributed by atoms with E-state index >= 15 is 0 Å². The summed E-state index contributed by atoms with van der Waals surface area (Å²) in [7, 11) is 3.42. The average molecular weight is 498 g/mol. The number of methoxy groups -OCH3 is 1. The topological polar surface area (TPSA) is 146 Å². The molecule has 12 nitrogen and oxygen atoms in total. The number of aliphatic carboxylic acids is 1. The van der Waals surface area contributed by atoms with Gasteiger partial charge in [-0.2, -0.15) is 4.98 Å². The second kappa shape index (κ2) is 11.8. The molecule has 12 heteroatoms. The van der Waals surface area contributed by atoms with Crippen LogP contribution in [-0.4, -0.2) is 67.4 Å². The molecule has 2 atom stereocenters. The van der Waals surface area contributed by atoms with Gasteiger partial charge in [0.15, 0.2) is 0 Å². The summed E-state index contributed by atoms with van der Waals surface area (Å²) in [6.45, 7) is 3.11. The molecule has 0 aliphatic heterocycles. The maximum atomic E-state index is 11.4. The number of carboxylic acid groups (broad SMARTS) is 1. The number of hydrogen-bond acceptors (Lipinski definition) is 10. The van der Waals surface area contributed by atoms with Crippen molar-refractivity contribution in [2.45, 2.75) is 45.3 Å². The van der Waals surface area contributed by atoms with Crippen LogP contribution in [0.4, 0.5) is 5.95 Å². The molecule has 3 aromatic heterocycles. The van der Waals surface area contributed by atoms with Gasteiger partial charge in [-0.25, -0.2) is 14.6 Å². The lowest BCUT2D eigenvalue weighted by Crippen LogP contribution is -2.29. The maximum Gasteiger partial charge on any atom is 0.306 e. The second-order valence-electron chi connectivity index (χ2n) is 8.64. The number of nitrogens with zero attached hydrogens (tertiary/aromatic N) is 6. The summed E-state index contributed by atoms with van der Waals surface area (Å²) < 4.78 is 18.3. The molecule has 4 rings (SSSR count). The number of anilines is 1. The van der Waals surface area contributed by atoms with Gasteiger partial charge in [0, 0.05) is 26.4 Å². The summed E-state index contributed by atoms with van der Waals surface area (Å²) >= 11 is 0. The van der Waals surface area contributed by atoms with E-state index in [1.165, 1.54) is 0 Å². The Morgan fingerprint density at radius 2 is 2.08 bits per heavy atom. The average Bonchev–Trinajstić information content (AvgIpc) is 3.24. The number of aromatic nitrogens is 6. The summed E-state index contributed by atoms with van der Waals surface area (Å²) in [5, 5.41) is 21.0. The number of carboxylic acids is 1. The summed E-state index contributed by atoms with van der Waals surface area (Å²) in [5.41, 5.74) is 2.81. The Hall–Kier alpha value is -3.80. The molecule has 2 N–H and O–H groups in total. The van der Waals surface area contributed by atoms with Crippen molar-refractivity contribution in [3.05, 3.63) is 35.8 Å². The fourth-order valence-corrected chi connectivity index (χ4v) is 4.13. The smallest absolute Gasteiger partial charge is 0.306 e. The van der Waals surface area contributed by atoms with Gasteiger partial charge in [0.1, 0.15) is 18.1 Å². The first-order valence-electron chi connectivity index (χ1n) is 11.9. The van der Waals surface area contributed by atoms with Crippen LogP contribution in [0.25, 0.3) is 11.4 Å². The van der Waals surface area contributed by atoms with Crippen LogP contribution in [0.15, 0.2) is 24.4 Å². The van der Waals surface area contributed by atoms with E-state index in [0.717, 1.165) is 18.5 Å². The minimum absolute atomic E-state index is 0.128. The van der Waals surface area contributed by atoms with Crippen molar-refractivity contribution in [2.24, 2.45) is 13.0 Å². The Morgan fingerprint density at radius 3 is 2.86 bits per heavy atom. The van der Waals surface area contributed by atoms with Gasteiger partial charge < -0.3 is 24.6 Å². The van der Waals surface area contributed by atoms with Gasteiger partial charge in [0.2, 0.25) is 11.8 Å². The Bertz CT molecular complexity index is 1190. The fourth-order valence-electron chi connectivity index (χ4n) is 4.13. The van der Waals surface area contributed by atoms with E-state index in [9.17, 15) is 9.90 Å². The lowest BCUT2D eigenvalue weighted by Gasteiger charge is -2.27. The monoisotopic (exact) mass is 497 g/mol. The van der Waals surface area contributed by atoms with Crippen molar-refractivity contribution in [3.63, 3.8) is 0 Å². The summed E-state index contributed by atoms with van der Waals surface area (Å²) in [6.07, 6.45) is 4.38. The van der Waals surface area contributed by atoms with Crippen LogP contribution in [0.5, 0.6) is 11.6 Å². The van der Waals surface area contributed by atoms with Crippen LogP contribution in [0.3, 0.4) is 0 Å². The number of aryl methyl sites for hydroxylation is 2. The van der Waals surface area contributed by atoms with Gasteiger partial charge in [0.05, 0.1) is 42.3 Å². The largest absolute Gasteiger partial charge is 0.489 e. The molecule has 1 saturated carbocycles. The van der Waals surface area contributed by atoms with Crippen molar-refractivity contribution in [2.75, 3.05) is 25.6 Å². The van der Waals surface area contributed by atoms with E-state index in [1.54, 1.807) is 24.1 Å². The summed E-state index contributed by atoms with van der Waals surface area (Å²) in [4.78, 5) is 24.7. The molecule has 0 spiro atoms. The molecule has 3 heterocycles. The number of carbonyl (C=O) groups is 1. The van der Waals surface area contributed by atoms with Crippen molar-refractivity contribution in [1.82, 2.24) is 29.9 Å². The highest BCUT2D eigenvalue weighted by atomic mass is 16.5. The van der Waals surface area contributed by atoms with Crippen LogP contribution in [-0.2, 0) is 23.1 Å². The molecular weight excluding hydrogens is 466 g/mol. The maximum absolute atomic E-state index is 11.4. The zero-order valence-electron chi connectivity index (χ0n) is 20.7. The molecule has 36 heavy (non-hydrogen) atoms. The SMILES string of the molecule is COCCOc1ccnc(NCc2c(-c3ccc(O[C@H]4CCC[C@H](C(=O)O)C4)c(C)n3)nnn2C)n1. The van der Waals surface area contributed by atoms with Crippen LogP contribution >= 0.6 is 0 Å². The molecule has 0 unspecified atom stereocenters. The van der Waals surface area contributed by atoms with Crippen LogP contribution in [0.1, 0.15) is 37.1 Å². The molecule has 192 valence electrons. The van der Waals surface area contributed by atoms with E-state index in [-0.39, 0.29) is 12.0 Å². The number of pyridine rings is 1. The molecule has 1 fully saturated rings. The number of rotatable bonds is 11. The Labute approximate surface area is 209 Å². The third kappa shape index (κ3) is 6.25. The molecule has 0 bridgehead atoms. The molecule has 0 radical (unpaired) electrons. The van der Waals surface area contributed by atoms with Gasteiger partial charge in [-0.3, -0.25) is 4.79 Å². The van der Waals surface area contributed by atoms with Crippen molar-refractivity contribution in [1.29, 1.82) is 0 Å². The minimum atomic E-state index is -0.756. The zero-order valence-corrected chi connectivity index (χ0v) is 20.7. The molecule has 1 aliphatic rings. The lowest BCUT2D eigenvalue weighted by molar-refractivity contribution is -0.143. The first kappa shape index (κ1) is 25.3. The van der Waals surface area contributed by atoms with Gasteiger partial charge >= 0.3 is 5.97 Å². The third-order valence-electron chi connectivity index (χ3n) is 6.07. The highest BCUT2D eigenvalue weighted by molar-refractivity contribution is 5.70. The molecule has 0 saturated heterocycles. The van der Waals surface area contributed by atoms with E-state index in [1.807, 2.05) is 26.1 Å². The fraction of sp³-hybridized carbons (Fsp3) is 0.500. The predicted molar refractivity (Wildman–Crippen MR) is 130 cm³/mol. The van der Waals surface area contributed by atoms with Crippen LogP contribution in [0, 0.1) is 12.8 Å². The Morgan fingerprint density at radius 1 is 1.22 bits per heavy atom. The number of nitrogens with one attached hydrogen (secondary N) is 1. The normalized spacial score (nSPS) is 17.5. The van der Waals surface area contributed by atoms with E-state index in [0.29, 0.717) is 67.3 Å². The van der Waals surface area contributed by atoms with Crippen molar-refractivity contribution < 1.29 is 24.1 Å². The second-order valence-corrected chi connectivity index (χ2v) is 8.64. The zero-order chi connectivity index (χ0) is 25.5. The van der Waals surface area contributed by atoms with Gasteiger partial charge in [-0.1, -0.05) is 5.21 Å². The van der Waals surface area contributed by atoms with Gasteiger partial charge in [0.25, 0.3) is 0 Å². The first-order valence-corrected chi connectivity index (χ1v) is 11.9. The number of ether oxygens (including phenoxy) is 3. The van der Waals surface area contributed by atoms with Crippen LogP contribution < -0.4 is 14.8 Å². The summed E-state index contributed by atoms with van der Waals surface area (Å²) in [5.74, 6) is 0.406. The van der Waals surface area contributed by atoms with E-state index in [4.69, 9.17) is 19.2 Å². The molecule has 1 aliphatic carbocycles. The van der Waals surface area contributed by atoms with Crippen molar-refractivity contribution in [3.8, 4) is 23.0 Å². The molecule has 0 aromatic carbocycles. The van der Waals surface area contributed by atoms with E-state index in [2.05, 4.69) is 25.6 Å². The standard InChI is InChI=1S/C24H31N7O5/c1-15-20(36-17-6-4-5-16(13-17)23(32)33)8-7-18(27-15)22-19(31(2)30-29-22)14-26-24-25-10-9-21(28-24)35-12-11-34-3/h7-10,16-17H,4-6,11-14H2,1-3H3,(H,32,33)(H,25,26,28)/t16-,17-/m0/s1. The van der Waals surface area contributed by atoms with E-state index < -0.39 is 5.97 Å². The molecular formula is C24H31N7O5. The third-order valence-corrected chi connectivity index (χ3v) is 6.07.